The predicted octanol–water partition coefficient (Wildman–Crippen LogP) is 0.810. The largest absolute Gasteiger partial charge is 0.379 e. The van der Waals surface area contributed by atoms with Crippen LogP contribution in [0, 0.1) is 5.92 Å². The topological polar surface area (TPSA) is 91.5 Å². The molecule has 0 bridgehead atoms. The number of amides is 1. The molecule has 1 aliphatic rings. The van der Waals surface area contributed by atoms with E-state index in [1.54, 1.807) is 0 Å². The molecular formula is C14H23N3O4S. The van der Waals surface area contributed by atoms with Gasteiger partial charge in [0.1, 0.15) is 10.6 Å². The molecule has 2 N–H and O–H groups in total. The summed E-state index contributed by atoms with van der Waals surface area (Å²) < 4.78 is 31.5. The second-order valence-electron chi connectivity index (χ2n) is 5.77. The van der Waals surface area contributed by atoms with Crippen LogP contribution in [-0.4, -0.2) is 56.0 Å². The van der Waals surface area contributed by atoms with E-state index in [1.165, 1.54) is 16.6 Å². The highest BCUT2D eigenvalue weighted by Crippen LogP contribution is 2.18. The average molecular weight is 329 g/mol. The number of hydrogen-bond donors (Lipinski definition) is 2. The zero-order chi connectivity index (χ0) is 16.3. The van der Waals surface area contributed by atoms with Crippen LogP contribution in [0.15, 0.2) is 17.2 Å². The van der Waals surface area contributed by atoms with Gasteiger partial charge in [-0.3, -0.25) is 4.79 Å². The molecule has 124 valence electrons. The SMILES string of the molecule is CC(C)[C@@H](C)NC(=O)c1cc(S(=O)(=O)N2CCOCC2)c[nH]1. The molecule has 0 aromatic carbocycles. The van der Waals surface area contributed by atoms with Crippen molar-refractivity contribution in [2.24, 2.45) is 5.92 Å². The van der Waals surface area contributed by atoms with Gasteiger partial charge in [-0.05, 0) is 18.9 Å². The predicted molar refractivity (Wildman–Crippen MR) is 82.1 cm³/mol. The van der Waals surface area contributed by atoms with Crippen molar-refractivity contribution in [3.05, 3.63) is 18.0 Å². The van der Waals surface area contributed by atoms with Gasteiger partial charge in [0.15, 0.2) is 0 Å². The van der Waals surface area contributed by atoms with Crippen molar-refractivity contribution in [1.29, 1.82) is 0 Å². The first-order valence-corrected chi connectivity index (χ1v) is 8.83. The fraction of sp³-hybridized carbons (Fsp3) is 0.643. The molecule has 0 saturated carbocycles. The van der Waals surface area contributed by atoms with E-state index < -0.39 is 10.0 Å². The monoisotopic (exact) mass is 329 g/mol. The van der Waals surface area contributed by atoms with Crippen molar-refractivity contribution in [1.82, 2.24) is 14.6 Å². The molecule has 1 atom stereocenters. The molecule has 1 saturated heterocycles. The van der Waals surface area contributed by atoms with Crippen molar-refractivity contribution in [3.8, 4) is 0 Å². The zero-order valence-corrected chi connectivity index (χ0v) is 13.9. The van der Waals surface area contributed by atoms with Crippen LogP contribution in [0.2, 0.25) is 0 Å². The van der Waals surface area contributed by atoms with E-state index in [0.29, 0.717) is 32.2 Å². The molecule has 0 spiro atoms. The summed E-state index contributed by atoms with van der Waals surface area (Å²) in [6.45, 7) is 7.38. The summed E-state index contributed by atoms with van der Waals surface area (Å²) in [6.07, 6.45) is 1.36. The molecule has 2 rings (SSSR count). The summed E-state index contributed by atoms with van der Waals surface area (Å²) >= 11 is 0. The van der Waals surface area contributed by atoms with Gasteiger partial charge < -0.3 is 15.0 Å². The van der Waals surface area contributed by atoms with Crippen molar-refractivity contribution in [2.75, 3.05) is 26.3 Å². The molecular weight excluding hydrogens is 306 g/mol. The highest BCUT2D eigenvalue weighted by Gasteiger charge is 2.28. The van der Waals surface area contributed by atoms with Crippen LogP contribution in [0.1, 0.15) is 31.3 Å². The Bertz CT molecular complexity index is 618. The summed E-state index contributed by atoms with van der Waals surface area (Å²) in [4.78, 5) is 15.0. The first-order chi connectivity index (χ1) is 10.3. The molecule has 1 aliphatic heterocycles. The Morgan fingerprint density at radius 3 is 2.55 bits per heavy atom. The molecule has 2 heterocycles. The third kappa shape index (κ3) is 3.68. The molecule has 0 radical (unpaired) electrons. The normalized spacial score (nSPS) is 18.4. The third-order valence-electron chi connectivity index (χ3n) is 3.87. The number of H-pyrrole nitrogens is 1. The number of aromatic amines is 1. The van der Waals surface area contributed by atoms with E-state index in [1.807, 2.05) is 20.8 Å². The fourth-order valence-corrected chi connectivity index (χ4v) is 3.44. The Morgan fingerprint density at radius 2 is 1.95 bits per heavy atom. The Morgan fingerprint density at radius 1 is 1.32 bits per heavy atom. The molecule has 1 amide bonds. The first kappa shape index (κ1) is 17.0. The van der Waals surface area contributed by atoms with Crippen LogP contribution in [0.4, 0.5) is 0 Å². The van der Waals surface area contributed by atoms with E-state index in [9.17, 15) is 13.2 Å². The molecule has 22 heavy (non-hydrogen) atoms. The Labute approximate surface area is 131 Å². The molecule has 1 fully saturated rings. The van der Waals surface area contributed by atoms with Crippen LogP contribution in [0.5, 0.6) is 0 Å². The van der Waals surface area contributed by atoms with Gasteiger partial charge in [-0.2, -0.15) is 4.31 Å². The van der Waals surface area contributed by atoms with E-state index in [0.717, 1.165) is 0 Å². The zero-order valence-electron chi connectivity index (χ0n) is 13.1. The molecule has 1 aromatic heterocycles. The van der Waals surface area contributed by atoms with Gasteiger partial charge >= 0.3 is 0 Å². The van der Waals surface area contributed by atoms with Crippen molar-refractivity contribution < 1.29 is 17.9 Å². The Hall–Kier alpha value is -1.38. The van der Waals surface area contributed by atoms with Crippen molar-refractivity contribution >= 4 is 15.9 Å². The number of rotatable bonds is 5. The number of morpholine rings is 1. The Kier molecular flexibility index (Phi) is 5.25. The maximum absolute atomic E-state index is 12.5. The number of hydrogen-bond acceptors (Lipinski definition) is 4. The smallest absolute Gasteiger partial charge is 0.267 e. The number of nitrogens with zero attached hydrogens (tertiary/aromatic N) is 1. The number of carbonyl (C=O) groups is 1. The maximum Gasteiger partial charge on any atom is 0.267 e. The van der Waals surface area contributed by atoms with Crippen LogP contribution >= 0.6 is 0 Å². The van der Waals surface area contributed by atoms with Gasteiger partial charge in [0.05, 0.1) is 13.2 Å². The fourth-order valence-electron chi connectivity index (χ4n) is 2.04. The van der Waals surface area contributed by atoms with Crippen LogP contribution in [0.25, 0.3) is 0 Å². The van der Waals surface area contributed by atoms with E-state index in [2.05, 4.69) is 10.3 Å². The molecule has 8 heteroatoms. The lowest BCUT2D eigenvalue weighted by molar-refractivity contribution is 0.0730. The Balaban J connectivity index is 2.12. The lowest BCUT2D eigenvalue weighted by Crippen LogP contribution is -2.40. The summed E-state index contributed by atoms with van der Waals surface area (Å²) in [5.74, 6) is 0.0000859. The minimum absolute atomic E-state index is 0.00935. The highest BCUT2D eigenvalue weighted by molar-refractivity contribution is 7.89. The average Bonchev–Trinajstić information content (AvgIpc) is 2.98. The van der Waals surface area contributed by atoms with Gasteiger partial charge in [-0.25, -0.2) is 8.42 Å². The lowest BCUT2D eigenvalue weighted by Gasteiger charge is -2.25. The van der Waals surface area contributed by atoms with Gasteiger partial charge in [0.2, 0.25) is 10.0 Å². The number of carbonyl (C=O) groups excluding carboxylic acids is 1. The number of ether oxygens (including phenoxy) is 1. The van der Waals surface area contributed by atoms with Gasteiger partial charge in [0, 0.05) is 25.3 Å². The van der Waals surface area contributed by atoms with Crippen LogP contribution in [0.3, 0.4) is 0 Å². The number of nitrogens with one attached hydrogen (secondary N) is 2. The van der Waals surface area contributed by atoms with Crippen LogP contribution in [-0.2, 0) is 14.8 Å². The standard InChI is InChI=1S/C14H23N3O4S/c1-10(2)11(3)16-14(18)13-8-12(9-15-13)22(19,20)17-4-6-21-7-5-17/h8-11,15H,4-7H2,1-3H3,(H,16,18)/t11-/m1/s1. The van der Waals surface area contributed by atoms with E-state index >= 15 is 0 Å². The molecule has 7 nitrogen and oxygen atoms in total. The summed E-state index contributed by atoms with van der Waals surface area (Å²) in [6, 6.07) is 1.39. The van der Waals surface area contributed by atoms with Crippen LogP contribution < -0.4 is 5.32 Å². The van der Waals surface area contributed by atoms with E-state index in [4.69, 9.17) is 4.74 Å². The van der Waals surface area contributed by atoms with Gasteiger partial charge in [-0.1, -0.05) is 13.8 Å². The van der Waals surface area contributed by atoms with Gasteiger partial charge in [-0.15, -0.1) is 0 Å². The molecule has 0 unspecified atom stereocenters. The second-order valence-corrected chi connectivity index (χ2v) is 7.71. The first-order valence-electron chi connectivity index (χ1n) is 7.39. The van der Waals surface area contributed by atoms with E-state index in [-0.39, 0.29) is 22.5 Å². The number of aromatic nitrogens is 1. The third-order valence-corrected chi connectivity index (χ3v) is 5.74. The molecule has 0 aliphatic carbocycles. The summed E-state index contributed by atoms with van der Waals surface area (Å²) in [5.41, 5.74) is 0.249. The van der Waals surface area contributed by atoms with Gasteiger partial charge in [0.25, 0.3) is 5.91 Å². The summed E-state index contributed by atoms with van der Waals surface area (Å²) in [5, 5.41) is 2.84. The second kappa shape index (κ2) is 6.80. The summed E-state index contributed by atoms with van der Waals surface area (Å²) in [7, 11) is -3.58. The quantitative estimate of drug-likeness (QED) is 0.836. The molecule has 1 aromatic rings. The lowest BCUT2D eigenvalue weighted by atomic mass is 10.1. The maximum atomic E-state index is 12.5. The van der Waals surface area contributed by atoms with Crippen molar-refractivity contribution in [2.45, 2.75) is 31.7 Å². The number of sulfonamides is 1. The minimum atomic E-state index is -3.58. The highest BCUT2D eigenvalue weighted by atomic mass is 32.2. The van der Waals surface area contributed by atoms with Crippen molar-refractivity contribution in [3.63, 3.8) is 0 Å². The minimum Gasteiger partial charge on any atom is -0.379 e.